The molecule has 1 atom stereocenters. The number of benzene rings is 1. The standard InChI is InChI=1S/C12H13Cl2N3/c1-2-17-10(6-7-16-17)12(15)11-8(13)4-3-5-9(11)14/h3-7,12H,2,15H2,1H3. The van der Waals surface area contributed by atoms with E-state index in [0.717, 1.165) is 17.8 Å². The Labute approximate surface area is 110 Å². The fourth-order valence-electron chi connectivity index (χ4n) is 1.83. The van der Waals surface area contributed by atoms with Crippen molar-refractivity contribution >= 4 is 23.2 Å². The molecule has 1 aromatic carbocycles. The maximum Gasteiger partial charge on any atom is 0.0752 e. The second kappa shape index (κ2) is 5.08. The van der Waals surface area contributed by atoms with Crippen LogP contribution in [-0.4, -0.2) is 9.78 Å². The van der Waals surface area contributed by atoms with E-state index in [9.17, 15) is 0 Å². The fraction of sp³-hybridized carbons (Fsp3) is 0.250. The van der Waals surface area contributed by atoms with Crippen molar-refractivity contribution in [2.75, 3.05) is 0 Å². The van der Waals surface area contributed by atoms with Gasteiger partial charge in [-0.05, 0) is 25.1 Å². The lowest BCUT2D eigenvalue weighted by atomic mass is 10.0. The summed E-state index contributed by atoms with van der Waals surface area (Å²) in [6, 6.07) is 6.90. The van der Waals surface area contributed by atoms with Gasteiger partial charge in [0.2, 0.25) is 0 Å². The summed E-state index contributed by atoms with van der Waals surface area (Å²) >= 11 is 12.3. The van der Waals surface area contributed by atoms with Gasteiger partial charge in [-0.25, -0.2) is 0 Å². The van der Waals surface area contributed by atoms with E-state index in [4.69, 9.17) is 28.9 Å². The van der Waals surface area contributed by atoms with Gasteiger partial charge in [0.15, 0.2) is 0 Å². The molecule has 2 aromatic rings. The minimum Gasteiger partial charge on any atom is -0.319 e. The summed E-state index contributed by atoms with van der Waals surface area (Å²) in [4.78, 5) is 0. The van der Waals surface area contributed by atoms with Crippen LogP contribution in [-0.2, 0) is 6.54 Å². The molecular formula is C12H13Cl2N3. The lowest BCUT2D eigenvalue weighted by Gasteiger charge is -2.16. The molecule has 1 unspecified atom stereocenters. The van der Waals surface area contributed by atoms with Crippen molar-refractivity contribution in [1.29, 1.82) is 0 Å². The second-order valence-electron chi connectivity index (χ2n) is 3.68. The van der Waals surface area contributed by atoms with Crippen LogP contribution in [0.2, 0.25) is 10.0 Å². The number of aromatic nitrogens is 2. The van der Waals surface area contributed by atoms with Gasteiger partial charge in [0.05, 0.1) is 11.7 Å². The first kappa shape index (κ1) is 12.4. The van der Waals surface area contributed by atoms with Crippen LogP contribution in [0.3, 0.4) is 0 Å². The van der Waals surface area contributed by atoms with E-state index in [-0.39, 0.29) is 6.04 Å². The number of halogens is 2. The molecule has 0 aliphatic heterocycles. The van der Waals surface area contributed by atoms with Crippen LogP contribution in [0.1, 0.15) is 24.2 Å². The highest BCUT2D eigenvalue weighted by Gasteiger charge is 2.18. The summed E-state index contributed by atoms with van der Waals surface area (Å²) in [7, 11) is 0. The summed E-state index contributed by atoms with van der Waals surface area (Å²) in [5.74, 6) is 0. The zero-order valence-corrected chi connectivity index (χ0v) is 10.9. The Balaban J connectivity index is 2.47. The first-order valence-electron chi connectivity index (χ1n) is 5.36. The first-order valence-corrected chi connectivity index (χ1v) is 6.12. The SMILES string of the molecule is CCn1nccc1C(N)c1c(Cl)cccc1Cl. The van der Waals surface area contributed by atoms with Crippen molar-refractivity contribution in [3.8, 4) is 0 Å². The molecule has 0 aliphatic carbocycles. The second-order valence-corrected chi connectivity index (χ2v) is 4.50. The monoisotopic (exact) mass is 269 g/mol. The Hall–Kier alpha value is -1.03. The van der Waals surface area contributed by atoms with Crippen molar-refractivity contribution in [3.63, 3.8) is 0 Å². The van der Waals surface area contributed by atoms with Gasteiger partial charge >= 0.3 is 0 Å². The molecule has 5 heteroatoms. The number of aryl methyl sites for hydroxylation is 1. The van der Waals surface area contributed by atoms with Crippen LogP contribution in [0.5, 0.6) is 0 Å². The molecular weight excluding hydrogens is 257 g/mol. The predicted molar refractivity (Wildman–Crippen MR) is 70.4 cm³/mol. The Morgan fingerprint density at radius 1 is 1.29 bits per heavy atom. The van der Waals surface area contributed by atoms with Crippen molar-refractivity contribution in [3.05, 3.63) is 51.8 Å². The van der Waals surface area contributed by atoms with E-state index >= 15 is 0 Å². The lowest BCUT2D eigenvalue weighted by Crippen LogP contribution is -2.18. The van der Waals surface area contributed by atoms with Crippen LogP contribution in [0, 0.1) is 0 Å². The Kier molecular flexibility index (Phi) is 3.72. The number of hydrogen-bond acceptors (Lipinski definition) is 2. The highest BCUT2D eigenvalue weighted by atomic mass is 35.5. The molecule has 0 amide bonds. The molecule has 0 spiro atoms. The van der Waals surface area contributed by atoms with Gasteiger partial charge in [-0.15, -0.1) is 0 Å². The van der Waals surface area contributed by atoms with E-state index < -0.39 is 0 Å². The Bertz CT molecular complexity index is 502. The molecule has 3 nitrogen and oxygen atoms in total. The van der Waals surface area contributed by atoms with Gasteiger partial charge in [-0.3, -0.25) is 4.68 Å². The molecule has 2 rings (SSSR count). The quantitative estimate of drug-likeness (QED) is 0.930. The lowest BCUT2D eigenvalue weighted by molar-refractivity contribution is 0.601. The molecule has 1 heterocycles. The number of nitrogens with zero attached hydrogens (tertiary/aromatic N) is 2. The summed E-state index contributed by atoms with van der Waals surface area (Å²) in [5, 5.41) is 5.35. The topological polar surface area (TPSA) is 43.8 Å². The van der Waals surface area contributed by atoms with Crippen LogP contribution in [0.25, 0.3) is 0 Å². The number of hydrogen-bond donors (Lipinski definition) is 1. The maximum atomic E-state index is 6.21. The third kappa shape index (κ3) is 2.32. The Morgan fingerprint density at radius 2 is 1.94 bits per heavy atom. The van der Waals surface area contributed by atoms with Gasteiger partial charge < -0.3 is 5.73 Å². The van der Waals surface area contributed by atoms with Crippen LogP contribution >= 0.6 is 23.2 Å². The molecule has 1 aromatic heterocycles. The summed E-state index contributed by atoms with van der Waals surface area (Å²) in [6.45, 7) is 2.77. The molecule has 90 valence electrons. The van der Waals surface area contributed by atoms with Gasteiger partial charge in [-0.2, -0.15) is 5.10 Å². The molecule has 0 bridgehead atoms. The predicted octanol–water partition coefficient (Wildman–Crippen LogP) is 3.26. The normalized spacial score (nSPS) is 12.7. The molecule has 17 heavy (non-hydrogen) atoms. The van der Waals surface area contributed by atoms with Gasteiger partial charge in [-0.1, -0.05) is 29.3 Å². The minimum absolute atomic E-state index is 0.362. The van der Waals surface area contributed by atoms with Gasteiger partial charge in [0, 0.05) is 28.4 Å². The van der Waals surface area contributed by atoms with Crippen molar-refractivity contribution in [2.45, 2.75) is 19.5 Å². The van der Waals surface area contributed by atoms with Crippen molar-refractivity contribution < 1.29 is 0 Å². The zero-order chi connectivity index (χ0) is 12.4. The van der Waals surface area contributed by atoms with E-state index in [1.807, 2.05) is 17.7 Å². The van der Waals surface area contributed by atoms with Gasteiger partial charge in [0.1, 0.15) is 0 Å². The third-order valence-corrected chi connectivity index (χ3v) is 3.34. The summed E-state index contributed by atoms with van der Waals surface area (Å²) in [6.07, 6.45) is 1.73. The molecule has 0 fully saturated rings. The van der Waals surface area contributed by atoms with Crippen molar-refractivity contribution in [1.82, 2.24) is 9.78 Å². The first-order chi connectivity index (χ1) is 8.15. The molecule has 0 radical (unpaired) electrons. The average Bonchev–Trinajstić information content (AvgIpc) is 2.76. The highest BCUT2D eigenvalue weighted by molar-refractivity contribution is 6.36. The molecule has 0 saturated carbocycles. The molecule has 0 saturated heterocycles. The fourth-order valence-corrected chi connectivity index (χ4v) is 2.46. The van der Waals surface area contributed by atoms with Crippen LogP contribution in [0.15, 0.2) is 30.5 Å². The Morgan fingerprint density at radius 3 is 2.53 bits per heavy atom. The largest absolute Gasteiger partial charge is 0.319 e. The van der Waals surface area contributed by atoms with Crippen LogP contribution < -0.4 is 5.73 Å². The van der Waals surface area contributed by atoms with E-state index in [1.165, 1.54) is 0 Å². The zero-order valence-electron chi connectivity index (χ0n) is 9.40. The van der Waals surface area contributed by atoms with E-state index in [2.05, 4.69) is 5.10 Å². The number of rotatable bonds is 3. The van der Waals surface area contributed by atoms with Crippen LogP contribution in [0.4, 0.5) is 0 Å². The van der Waals surface area contributed by atoms with E-state index in [0.29, 0.717) is 10.0 Å². The maximum absolute atomic E-state index is 6.21. The highest BCUT2D eigenvalue weighted by Crippen LogP contribution is 2.32. The van der Waals surface area contributed by atoms with Gasteiger partial charge in [0.25, 0.3) is 0 Å². The van der Waals surface area contributed by atoms with Crippen molar-refractivity contribution in [2.24, 2.45) is 5.73 Å². The molecule has 2 N–H and O–H groups in total. The smallest absolute Gasteiger partial charge is 0.0752 e. The third-order valence-electron chi connectivity index (χ3n) is 2.68. The summed E-state index contributed by atoms with van der Waals surface area (Å²) in [5.41, 5.74) is 7.86. The average molecular weight is 270 g/mol. The summed E-state index contributed by atoms with van der Waals surface area (Å²) < 4.78 is 1.84. The number of nitrogens with two attached hydrogens (primary N) is 1. The molecule has 0 aliphatic rings. The minimum atomic E-state index is -0.362. The van der Waals surface area contributed by atoms with E-state index in [1.54, 1.807) is 24.4 Å².